The van der Waals surface area contributed by atoms with Crippen molar-refractivity contribution in [3.8, 4) is 0 Å². The number of carbonyl (C=O) groups is 3. The molecule has 0 aliphatic carbocycles. The van der Waals surface area contributed by atoms with Crippen LogP contribution in [-0.4, -0.2) is 77.4 Å². The summed E-state index contributed by atoms with van der Waals surface area (Å²) in [7, 11) is -3.64. The van der Waals surface area contributed by atoms with Crippen LogP contribution in [0, 0.1) is 23.4 Å². The summed E-state index contributed by atoms with van der Waals surface area (Å²) < 4.78 is 67.6. The van der Waals surface area contributed by atoms with Crippen LogP contribution >= 0.6 is 0 Å². The Morgan fingerprint density at radius 3 is 2.17 bits per heavy atom. The van der Waals surface area contributed by atoms with Gasteiger partial charge in [0.25, 0.3) is 0 Å². The third kappa shape index (κ3) is 7.67. The highest BCUT2D eigenvalue weighted by Crippen LogP contribution is 2.35. The van der Waals surface area contributed by atoms with Gasteiger partial charge in [-0.05, 0) is 42.5 Å². The minimum absolute atomic E-state index is 0.0392. The quantitative estimate of drug-likeness (QED) is 0.315. The summed E-state index contributed by atoms with van der Waals surface area (Å²) in [6.07, 6.45) is 1.58. The lowest BCUT2D eigenvalue weighted by atomic mass is 10.0. The van der Waals surface area contributed by atoms with E-state index < -0.39 is 45.5 Å². The van der Waals surface area contributed by atoms with Crippen LogP contribution in [0.5, 0.6) is 0 Å². The number of carboxylic acid groups (broad SMARTS) is 2. The Morgan fingerprint density at radius 2 is 1.57 bits per heavy atom. The van der Waals surface area contributed by atoms with Crippen LogP contribution in [0.3, 0.4) is 0 Å². The molecule has 216 valence electrons. The first-order valence-electron chi connectivity index (χ1n) is 12.2. The van der Waals surface area contributed by atoms with Crippen LogP contribution in [0.2, 0.25) is 0 Å². The van der Waals surface area contributed by atoms with Crippen molar-refractivity contribution in [1.82, 2.24) is 9.21 Å². The number of benzene rings is 2. The van der Waals surface area contributed by atoms with E-state index in [2.05, 4.69) is 0 Å². The Morgan fingerprint density at radius 1 is 0.975 bits per heavy atom. The lowest BCUT2D eigenvalue weighted by Gasteiger charge is -2.26. The lowest BCUT2D eigenvalue weighted by molar-refractivity contribution is -0.134. The molecule has 1 amide bonds. The number of amides is 1. The molecule has 0 spiro atoms. The molecule has 40 heavy (non-hydrogen) atoms. The summed E-state index contributed by atoms with van der Waals surface area (Å²) in [5.41, 5.74) is 5.91. The second-order valence-electron chi connectivity index (χ2n) is 9.37. The van der Waals surface area contributed by atoms with Gasteiger partial charge in [0.2, 0.25) is 15.9 Å². The number of carbonyl (C=O) groups excluding carboxylic acids is 1. The third-order valence-corrected chi connectivity index (χ3v) is 8.44. The van der Waals surface area contributed by atoms with E-state index >= 15 is 0 Å². The van der Waals surface area contributed by atoms with Crippen molar-refractivity contribution >= 4 is 27.9 Å². The number of aliphatic carboxylic acids is 2. The predicted octanol–water partition coefficient (Wildman–Crippen LogP) is 2.00. The Labute approximate surface area is 228 Å². The van der Waals surface area contributed by atoms with Gasteiger partial charge in [-0.15, -0.1) is 0 Å². The highest BCUT2D eigenvalue weighted by molar-refractivity contribution is 7.89. The van der Waals surface area contributed by atoms with E-state index in [0.717, 1.165) is 6.07 Å². The molecule has 4 N–H and O–H groups in total. The van der Waals surface area contributed by atoms with Gasteiger partial charge in [0.05, 0.1) is 4.90 Å². The molecule has 0 saturated carbocycles. The normalized spacial score (nSPS) is 19.6. The number of carboxylic acids is 2. The second kappa shape index (κ2) is 13.1. The minimum Gasteiger partial charge on any atom is -0.478 e. The number of sulfonamides is 1. The maximum absolute atomic E-state index is 13.9. The van der Waals surface area contributed by atoms with Crippen molar-refractivity contribution in [2.24, 2.45) is 11.7 Å². The fourth-order valence-corrected chi connectivity index (χ4v) is 6.27. The number of rotatable bonds is 8. The molecule has 0 bridgehead atoms. The van der Waals surface area contributed by atoms with E-state index in [9.17, 15) is 36.0 Å². The molecule has 2 fully saturated rings. The predicted molar refractivity (Wildman–Crippen MR) is 136 cm³/mol. The van der Waals surface area contributed by atoms with E-state index in [0.29, 0.717) is 37.7 Å². The molecule has 2 aliphatic heterocycles. The lowest BCUT2D eigenvalue weighted by Crippen LogP contribution is -2.43. The van der Waals surface area contributed by atoms with E-state index in [1.54, 1.807) is 35.2 Å². The first-order valence-corrected chi connectivity index (χ1v) is 13.6. The van der Waals surface area contributed by atoms with Gasteiger partial charge in [-0.2, -0.15) is 4.31 Å². The summed E-state index contributed by atoms with van der Waals surface area (Å²) in [4.78, 5) is 33.8. The molecule has 4 rings (SSSR count). The number of halogens is 3. The fraction of sp³-hybridized carbons (Fsp3) is 0.346. The Bertz CT molecular complexity index is 1370. The maximum Gasteiger partial charge on any atom is 0.328 e. The largest absolute Gasteiger partial charge is 0.478 e. The number of hydrogen-bond acceptors (Lipinski definition) is 6. The number of fused-ring (bicyclic) bond motifs is 1. The van der Waals surface area contributed by atoms with Crippen molar-refractivity contribution < 1.29 is 46.2 Å². The van der Waals surface area contributed by atoms with E-state index in [1.807, 2.05) is 0 Å². The Balaban J connectivity index is 0.000000482. The molecule has 2 saturated heterocycles. The second-order valence-corrected chi connectivity index (χ2v) is 11.3. The van der Waals surface area contributed by atoms with Crippen LogP contribution in [-0.2, 0) is 30.8 Å². The molecule has 0 aromatic heterocycles. The van der Waals surface area contributed by atoms with Crippen LogP contribution in [0.4, 0.5) is 13.2 Å². The van der Waals surface area contributed by atoms with E-state index in [4.69, 9.17) is 15.9 Å². The molecular formula is C26H28F3N3O7S. The van der Waals surface area contributed by atoms with Crippen molar-refractivity contribution in [3.05, 3.63) is 77.6 Å². The summed E-state index contributed by atoms with van der Waals surface area (Å²) in [6.45, 7) is 1.05. The fourth-order valence-electron chi connectivity index (χ4n) is 4.73. The zero-order valence-corrected chi connectivity index (χ0v) is 21.9. The number of nitrogens with two attached hydrogens (primary N) is 1. The topological polar surface area (TPSA) is 158 Å². The average molecular weight is 584 g/mol. The van der Waals surface area contributed by atoms with Gasteiger partial charge in [-0.3, -0.25) is 4.79 Å². The van der Waals surface area contributed by atoms with Gasteiger partial charge >= 0.3 is 11.9 Å². The van der Waals surface area contributed by atoms with Gasteiger partial charge in [0, 0.05) is 56.4 Å². The van der Waals surface area contributed by atoms with Gasteiger partial charge in [0.15, 0.2) is 11.6 Å². The molecule has 14 heteroatoms. The van der Waals surface area contributed by atoms with Gasteiger partial charge in [0.1, 0.15) is 5.82 Å². The van der Waals surface area contributed by atoms with Gasteiger partial charge in [-0.1, -0.05) is 18.2 Å². The van der Waals surface area contributed by atoms with Crippen molar-refractivity contribution in [3.63, 3.8) is 0 Å². The molecule has 2 aromatic carbocycles. The summed E-state index contributed by atoms with van der Waals surface area (Å²) in [6, 6.07) is 8.35. The van der Waals surface area contributed by atoms with Crippen molar-refractivity contribution in [2.75, 3.05) is 19.6 Å². The smallest absolute Gasteiger partial charge is 0.328 e. The first-order chi connectivity index (χ1) is 18.8. The van der Waals surface area contributed by atoms with E-state index in [-0.39, 0.29) is 47.7 Å². The SMILES string of the molecule is NC(CC(=O)N1CC[C@H]2CN(S(=O)(=O)c3ccccc3)C[C@H]21)Cc1cc(F)c(F)cc1F.O=C(O)C=CC(=O)O. The monoisotopic (exact) mass is 583 g/mol. The first kappa shape index (κ1) is 30.8. The molecular weight excluding hydrogens is 555 g/mol. The van der Waals surface area contributed by atoms with Gasteiger partial charge < -0.3 is 20.8 Å². The zero-order chi connectivity index (χ0) is 29.6. The molecule has 10 nitrogen and oxygen atoms in total. The highest BCUT2D eigenvalue weighted by Gasteiger charge is 2.46. The Kier molecular flexibility index (Phi) is 10.1. The highest BCUT2D eigenvalue weighted by atomic mass is 32.2. The van der Waals surface area contributed by atoms with Crippen LogP contribution in [0.15, 0.2) is 59.5 Å². The van der Waals surface area contributed by atoms with Crippen LogP contribution in [0.25, 0.3) is 0 Å². The molecule has 0 radical (unpaired) electrons. The van der Waals surface area contributed by atoms with Crippen LogP contribution in [0.1, 0.15) is 18.4 Å². The summed E-state index contributed by atoms with van der Waals surface area (Å²) in [5.74, 6) is -6.10. The number of hydrogen-bond donors (Lipinski definition) is 3. The van der Waals surface area contributed by atoms with Crippen molar-refractivity contribution in [1.29, 1.82) is 0 Å². The molecule has 2 aliphatic rings. The average Bonchev–Trinajstić information content (AvgIpc) is 3.49. The molecule has 3 atom stereocenters. The maximum atomic E-state index is 13.9. The van der Waals surface area contributed by atoms with Gasteiger partial charge in [-0.25, -0.2) is 31.2 Å². The number of nitrogens with zero attached hydrogens (tertiary/aromatic N) is 2. The number of likely N-dealkylation sites (tertiary alicyclic amines) is 1. The van der Waals surface area contributed by atoms with Crippen molar-refractivity contribution in [2.45, 2.75) is 36.2 Å². The minimum atomic E-state index is -3.64. The standard InChI is InChI=1S/C22H24F3N3O3S.C4H4O4/c23-18-11-20(25)19(24)9-15(18)8-16(26)10-22(29)28-7-6-14-12-27(13-21(14)28)32(30,31)17-4-2-1-3-5-17;5-3(6)1-2-4(7)8/h1-5,9,11,14,16,21H,6-8,10,12-13,26H2;1-2H,(H,5,6)(H,7,8)/t14-,16?,21+;/m0./s1. The third-order valence-electron chi connectivity index (χ3n) is 6.59. The van der Waals surface area contributed by atoms with E-state index in [1.165, 1.54) is 4.31 Å². The van der Waals surface area contributed by atoms with Crippen LogP contribution < -0.4 is 5.73 Å². The molecule has 1 unspecified atom stereocenters. The zero-order valence-electron chi connectivity index (χ0n) is 21.1. The summed E-state index contributed by atoms with van der Waals surface area (Å²) in [5, 5.41) is 15.6. The summed E-state index contributed by atoms with van der Waals surface area (Å²) >= 11 is 0. The molecule has 2 aromatic rings. The Hall–Kier alpha value is -3.75. The molecule has 2 heterocycles.